The number of methoxy groups -OCH3 is 1. The summed E-state index contributed by atoms with van der Waals surface area (Å²) in [5, 5.41) is 3.70. The highest BCUT2D eigenvalue weighted by molar-refractivity contribution is 5.99. The normalized spacial score (nSPS) is 11.6. The van der Waals surface area contributed by atoms with Gasteiger partial charge in [0.25, 0.3) is 11.5 Å². The van der Waals surface area contributed by atoms with Crippen LogP contribution in [-0.2, 0) is 15.9 Å². The van der Waals surface area contributed by atoms with Crippen LogP contribution in [0.4, 0.5) is 0 Å². The minimum atomic E-state index is -0.772. The van der Waals surface area contributed by atoms with Crippen LogP contribution >= 0.6 is 0 Å². The van der Waals surface area contributed by atoms with Crippen molar-refractivity contribution in [1.82, 2.24) is 9.72 Å². The standard InChI is InChI=1S/C32H26N2O6/c1-39-32(38)26-19-24(30(36)34-27-15-9-8-10-21(27)16-17-28(26)34)18-25(33-29(35)22-11-4-2-5-12-22)20-40-31(37)23-13-6-3-7-14-23/h2-17,19,25H,18,20H2,1H3,(H,33,35)/t25-/m0/s1. The third kappa shape index (κ3) is 5.47. The summed E-state index contributed by atoms with van der Waals surface area (Å²) in [6.07, 6.45) is -0.00433. The van der Waals surface area contributed by atoms with Crippen LogP contribution in [-0.4, -0.2) is 42.0 Å². The lowest BCUT2D eigenvalue weighted by Crippen LogP contribution is -2.41. The van der Waals surface area contributed by atoms with Crippen LogP contribution in [0.3, 0.4) is 0 Å². The Morgan fingerprint density at radius 3 is 2.12 bits per heavy atom. The van der Waals surface area contributed by atoms with Gasteiger partial charge in [-0.3, -0.25) is 14.0 Å². The minimum Gasteiger partial charge on any atom is -0.465 e. The number of fused-ring (bicyclic) bond motifs is 3. The molecule has 2 aromatic heterocycles. The van der Waals surface area contributed by atoms with Crippen LogP contribution in [0.1, 0.15) is 36.6 Å². The van der Waals surface area contributed by atoms with Crippen molar-refractivity contribution in [2.45, 2.75) is 12.5 Å². The number of benzene rings is 3. The van der Waals surface area contributed by atoms with Crippen LogP contribution < -0.4 is 10.9 Å². The van der Waals surface area contributed by atoms with Crippen molar-refractivity contribution >= 4 is 34.3 Å². The van der Waals surface area contributed by atoms with Crippen molar-refractivity contribution in [3.63, 3.8) is 0 Å². The molecule has 1 amide bonds. The number of carbonyl (C=O) groups is 3. The zero-order chi connectivity index (χ0) is 28.1. The van der Waals surface area contributed by atoms with Crippen molar-refractivity contribution in [2.75, 3.05) is 13.7 Å². The van der Waals surface area contributed by atoms with Crippen molar-refractivity contribution in [3.8, 4) is 0 Å². The minimum absolute atomic E-state index is 0.00433. The van der Waals surface area contributed by atoms with Crippen LogP contribution in [0.25, 0.3) is 16.4 Å². The number of rotatable bonds is 8. The Balaban J connectivity index is 1.55. The number of hydrogen-bond acceptors (Lipinski definition) is 6. The van der Waals surface area contributed by atoms with Crippen molar-refractivity contribution < 1.29 is 23.9 Å². The van der Waals surface area contributed by atoms with E-state index in [9.17, 15) is 19.2 Å². The van der Waals surface area contributed by atoms with E-state index in [1.165, 1.54) is 17.6 Å². The number of carbonyl (C=O) groups excluding carboxylic acids is 3. The summed E-state index contributed by atoms with van der Waals surface area (Å²) in [7, 11) is 1.27. The molecule has 0 radical (unpaired) electrons. The van der Waals surface area contributed by atoms with E-state index in [-0.39, 0.29) is 35.6 Å². The molecule has 40 heavy (non-hydrogen) atoms. The fourth-order valence-electron chi connectivity index (χ4n) is 4.62. The molecule has 0 aliphatic heterocycles. The molecule has 0 aliphatic carbocycles. The van der Waals surface area contributed by atoms with E-state index in [1.807, 2.05) is 24.3 Å². The van der Waals surface area contributed by atoms with E-state index in [0.29, 0.717) is 22.2 Å². The van der Waals surface area contributed by atoms with Gasteiger partial charge in [0.1, 0.15) is 6.61 Å². The number of pyridine rings is 2. The monoisotopic (exact) mass is 534 g/mol. The molecular formula is C32H26N2O6. The maximum atomic E-state index is 13.8. The lowest BCUT2D eigenvalue weighted by Gasteiger charge is -2.20. The Hall–Kier alpha value is -5.24. The first kappa shape index (κ1) is 26.4. The number of amides is 1. The molecule has 0 aliphatic rings. The first-order chi connectivity index (χ1) is 19.5. The highest BCUT2D eigenvalue weighted by Gasteiger charge is 2.22. The summed E-state index contributed by atoms with van der Waals surface area (Å²) in [4.78, 5) is 52.3. The molecule has 0 unspecified atom stereocenters. The molecular weight excluding hydrogens is 508 g/mol. The van der Waals surface area contributed by atoms with Crippen molar-refractivity contribution in [3.05, 3.63) is 136 Å². The van der Waals surface area contributed by atoms with Crippen molar-refractivity contribution in [1.29, 1.82) is 0 Å². The third-order valence-corrected chi connectivity index (χ3v) is 6.58. The number of hydrogen-bond donors (Lipinski definition) is 1. The number of para-hydroxylation sites is 1. The van der Waals surface area contributed by atoms with Gasteiger partial charge in [0.05, 0.1) is 35.3 Å². The van der Waals surface area contributed by atoms with Crippen molar-refractivity contribution in [2.24, 2.45) is 0 Å². The van der Waals surface area contributed by atoms with Gasteiger partial charge in [-0.25, -0.2) is 9.59 Å². The first-order valence-electron chi connectivity index (χ1n) is 12.7. The summed E-state index contributed by atoms with van der Waals surface area (Å²) < 4.78 is 12.0. The second-order valence-corrected chi connectivity index (χ2v) is 9.20. The highest BCUT2D eigenvalue weighted by atomic mass is 16.5. The lowest BCUT2D eigenvalue weighted by molar-refractivity contribution is 0.0456. The fourth-order valence-corrected chi connectivity index (χ4v) is 4.62. The molecule has 0 bridgehead atoms. The molecule has 0 fully saturated rings. The molecule has 8 heteroatoms. The molecule has 0 saturated carbocycles. The van der Waals surface area contributed by atoms with Crippen LogP contribution in [0.5, 0.6) is 0 Å². The van der Waals surface area contributed by atoms with E-state index in [4.69, 9.17) is 9.47 Å². The molecule has 8 nitrogen and oxygen atoms in total. The smallest absolute Gasteiger partial charge is 0.340 e. The molecule has 200 valence electrons. The number of nitrogens with one attached hydrogen (secondary N) is 1. The van der Waals surface area contributed by atoms with Gasteiger partial charge in [0.2, 0.25) is 0 Å². The number of nitrogens with zero attached hydrogens (tertiary/aromatic N) is 1. The second-order valence-electron chi connectivity index (χ2n) is 9.20. The van der Waals surface area contributed by atoms with Gasteiger partial charge >= 0.3 is 11.9 Å². The molecule has 1 atom stereocenters. The predicted molar refractivity (Wildman–Crippen MR) is 151 cm³/mol. The van der Waals surface area contributed by atoms with Gasteiger partial charge in [-0.15, -0.1) is 0 Å². The average Bonchev–Trinajstić information content (AvgIpc) is 3.01. The summed E-state index contributed by atoms with van der Waals surface area (Å²) in [6, 6.07) is 28.7. The van der Waals surface area contributed by atoms with Gasteiger partial charge in [-0.2, -0.15) is 0 Å². The third-order valence-electron chi connectivity index (χ3n) is 6.58. The quantitative estimate of drug-likeness (QED) is 0.233. The zero-order valence-electron chi connectivity index (χ0n) is 21.7. The maximum absolute atomic E-state index is 13.8. The molecule has 0 saturated heterocycles. The largest absolute Gasteiger partial charge is 0.465 e. The molecule has 2 heterocycles. The Bertz CT molecular complexity index is 1760. The maximum Gasteiger partial charge on any atom is 0.340 e. The summed E-state index contributed by atoms with van der Waals surface area (Å²) in [6.45, 7) is -0.197. The van der Waals surface area contributed by atoms with Crippen LogP contribution in [0, 0.1) is 0 Å². The summed E-state index contributed by atoms with van der Waals surface area (Å²) >= 11 is 0. The van der Waals surface area contributed by atoms with E-state index in [1.54, 1.807) is 72.8 Å². The molecule has 5 rings (SSSR count). The second kappa shape index (κ2) is 11.7. The predicted octanol–water partition coefficient (Wildman–Crippen LogP) is 4.44. The van der Waals surface area contributed by atoms with Gasteiger partial charge in [0.15, 0.2) is 0 Å². The molecule has 1 N–H and O–H groups in total. The molecule has 0 spiro atoms. The fraction of sp³-hybridized carbons (Fsp3) is 0.125. The lowest BCUT2D eigenvalue weighted by atomic mass is 10.0. The van der Waals surface area contributed by atoms with E-state index < -0.39 is 18.0 Å². The average molecular weight is 535 g/mol. The van der Waals surface area contributed by atoms with Gasteiger partial charge in [-0.05, 0) is 47.9 Å². The van der Waals surface area contributed by atoms with Crippen LogP contribution in [0.15, 0.2) is 108 Å². The first-order valence-corrected chi connectivity index (χ1v) is 12.7. The van der Waals surface area contributed by atoms with Crippen LogP contribution in [0.2, 0.25) is 0 Å². The van der Waals surface area contributed by atoms with Gasteiger partial charge < -0.3 is 14.8 Å². The summed E-state index contributed by atoms with van der Waals surface area (Å²) in [5.74, 6) is -1.55. The van der Waals surface area contributed by atoms with E-state index in [2.05, 4.69) is 5.32 Å². The Morgan fingerprint density at radius 2 is 1.43 bits per heavy atom. The SMILES string of the molecule is COC(=O)c1cc(C[C@@H](COC(=O)c2ccccc2)NC(=O)c2ccccc2)c(=O)n2c1ccc1ccccc12. The number of aromatic nitrogens is 1. The summed E-state index contributed by atoms with van der Waals surface area (Å²) in [5.41, 5.74) is 1.91. The van der Waals surface area contributed by atoms with E-state index >= 15 is 0 Å². The van der Waals surface area contributed by atoms with Gasteiger partial charge in [0, 0.05) is 17.5 Å². The van der Waals surface area contributed by atoms with E-state index in [0.717, 1.165) is 5.39 Å². The number of esters is 2. The Morgan fingerprint density at radius 1 is 0.775 bits per heavy atom. The highest BCUT2D eigenvalue weighted by Crippen LogP contribution is 2.20. The Labute approximate surface area is 229 Å². The number of ether oxygens (including phenoxy) is 2. The topological polar surface area (TPSA) is 103 Å². The van der Waals surface area contributed by atoms with Gasteiger partial charge in [-0.1, -0.05) is 60.7 Å². The zero-order valence-corrected chi connectivity index (χ0v) is 21.7. The molecule has 5 aromatic rings. The Kier molecular flexibility index (Phi) is 7.68. The molecule has 3 aromatic carbocycles.